The highest BCUT2D eigenvalue weighted by atomic mass is 15.1. The number of rotatable bonds is 2. The molecule has 3 heteroatoms. The van der Waals surface area contributed by atoms with E-state index in [1.807, 2.05) is 6.07 Å². The molecule has 0 amide bonds. The van der Waals surface area contributed by atoms with Crippen LogP contribution in [-0.2, 0) is 0 Å². The van der Waals surface area contributed by atoms with Crippen LogP contribution in [0.2, 0.25) is 0 Å². The van der Waals surface area contributed by atoms with Gasteiger partial charge < -0.3 is 0 Å². The summed E-state index contributed by atoms with van der Waals surface area (Å²) in [5.41, 5.74) is 4.26. The van der Waals surface area contributed by atoms with E-state index in [2.05, 4.69) is 126 Å². The van der Waals surface area contributed by atoms with Gasteiger partial charge in [0.05, 0.1) is 16.6 Å². The Morgan fingerprint density at radius 2 is 1.08 bits per heavy atom. The third kappa shape index (κ3) is 3.01. The average Bonchev–Trinajstić information content (AvgIpc) is 3.28. The third-order valence-corrected chi connectivity index (χ3v) is 7.37. The largest absolute Gasteiger partial charge is 0.293 e. The quantitative estimate of drug-likeness (QED) is 0.252. The number of para-hydroxylation sites is 2. The molecule has 6 aromatic carbocycles. The minimum absolute atomic E-state index is 0.734. The van der Waals surface area contributed by atoms with Crippen LogP contribution in [0, 0.1) is 0 Å². The topological polar surface area (TPSA) is 30.7 Å². The van der Waals surface area contributed by atoms with Crippen LogP contribution in [0.25, 0.3) is 71.5 Å². The molecule has 0 aliphatic carbocycles. The fourth-order valence-corrected chi connectivity index (χ4v) is 5.65. The lowest BCUT2D eigenvalue weighted by atomic mass is 10.0. The standard InChI is InChI=1S/C34H21N3/c1-2-12-24-21-32-29(20-23(24)11-1)26-15-6-8-19-31(26)37(32)34-28-16-5-7-18-30(28)35-33(36-34)27-17-9-13-22-10-3-4-14-25(22)27/h1-21H. The molecular weight excluding hydrogens is 450 g/mol. The molecule has 8 aromatic rings. The zero-order valence-electron chi connectivity index (χ0n) is 20.0. The second-order valence-corrected chi connectivity index (χ2v) is 9.48. The van der Waals surface area contributed by atoms with E-state index in [0.717, 1.165) is 44.5 Å². The molecule has 0 fully saturated rings. The van der Waals surface area contributed by atoms with E-state index >= 15 is 0 Å². The van der Waals surface area contributed by atoms with Crippen LogP contribution in [-0.4, -0.2) is 14.5 Å². The molecule has 0 aliphatic rings. The molecule has 0 radical (unpaired) electrons. The maximum atomic E-state index is 5.30. The zero-order chi connectivity index (χ0) is 24.3. The van der Waals surface area contributed by atoms with E-state index in [9.17, 15) is 0 Å². The first kappa shape index (κ1) is 20.2. The van der Waals surface area contributed by atoms with E-state index < -0.39 is 0 Å². The van der Waals surface area contributed by atoms with Gasteiger partial charge >= 0.3 is 0 Å². The van der Waals surface area contributed by atoms with Crippen LogP contribution in [0.3, 0.4) is 0 Å². The van der Waals surface area contributed by atoms with Gasteiger partial charge in [-0.3, -0.25) is 4.57 Å². The van der Waals surface area contributed by atoms with Crippen molar-refractivity contribution in [3.8, 4) is 17.2 Å². The van der Waals surface area contributed by atoms with Crippen molar-refractivity contribution in [2.45, 2.75) is 0 Å². The lowest BCUT2D eigenvalue weighted by molar-refractivity contribution is 1.08. The van der Waals surface area contributed by atoms with Crippen LogP contribution in [0.5, 0.6) is 0 Å². The van der Waals surface area contributed by atoms with Gasteiger partial charge in [0, 0.05) is 21.7 Å². The first-order valence-corrected chi connectivity index (χ1v) is 12.5. The van der Waals surface area contributed by atoms with Crippen molar-refractivity contribution >= 4 is 54.3 Å². The minimum Gasteiger partial charge on any atom is -0.293 e. The molecule has 2 aromatic heterocycles. The van der Waals surface area contributed by atoms with E-state index in [1.165, 1.54) is 26.9 Å². The van der Waals surface area contributed by atoms with Gasteiger partial charge in [0.1, 0.15) is 5.82 Å². The van der Waals surface area contributed by atoms with E-state index in [-0.39, 0.29) is 0 Å². The SMILES string of the molecule is c1ccc2cc3c(cc2c1)c1ccccc1n3-c1nc(-c2cccc3ccccc23)nc2ccccc12. The summed E-state index contributed by atoms with van der Waals surface area (Å²) in [6.45, 7) is 0. The predicted molar refractivity (Wildman–Crippen MR) is 154 cm³/mol. The Balaban J connectivity index is 1.53. The summed E-state index contributed by atoms with van der Waals surface area (Å²) in [7, 11) is 0. The number of hydrogen-bond acceptors (Lipinski definition) is 2. The van der Waals surface area contributed by atoms with Gasteiger partial charge in [-0.05, 0) is 51.9 Å². The zero-order valence-corrected chi connectivity index (χ0v) is 20.0. The molecule has 0 saturated heterocycles. The molecule has 0 bridgehead atoms. The summed E-state index contributed by atoms with van der Waals surface area (Å²) in [5, 5.41) is 8.26. The number of hydrogen-bond donors (Lipinski definition) is 0. The van der Waals surface area contributed by atoms with E-state index in [0.29, 0.717) is 0 Å². The summed E-state index contributed by atoms with van der Waals surface area (Å²) in [5.74, 6) is 1.63. The molecule has 37 heavy (non-hydrogen) atoms. The molecule has 3 nitrogen and oxygen atoms in total. The Bertz CT molecular complexity index is 2150. The van der Waals surface area contributed by atoms with Gasteiger partial charge in [0.25, 0.3) is 0 Å². The monoisotopic (exact) mass is 471 g/mol. The van der Waals surface area contributed by atoms with Gasteiger partial charge in [0.2, 0.25) is 0 Å². The lowest BCUT2D eigenvalue weighted by Crippen LogP contribution is -2.03. The van der Waals surface area contributed by atoms with Crippen LogP contribution < -0.4 is 0 Å². The molecule has 0 N–H and O–H groups in total. The Morgan fingerprint density at radius 3 is 1.95 bits per heavy atom. The Labute approximate surface area is 213 Å². The molecule has 0 spiro atoms. The number of fused-ring (bicyclic) bond motifs is 6. The highest BCUT2D eigenvalue weighted by Gasteiger charge is 2.18. The first-order valence-electron chi connectivity index (χ1n) is 12.5. The fraction of sp³-hybridized carbons (Fsp3) is 0. The van der Waals surface area contributed by atoms with Gasteiger partial charge in [-0.25, -0.2) is 9.97 Å². The summed E-state index contributed by atoms with van der Waals surface area (Å²) >= 11 is 0. The van der Waals surface area contributed by atoms with Crippen LogP contribution >= 0.6 is 0 Å². The van der Waals surface area contributed by atoms with Gasteiger partial charge in [-0.15, -0.1) is 0 Å². The molecule has 0 saturated carbocycles. The summed E-state index contributed by atoms with van der Waals surface area (Å²) in [6, 6.07) is 44.9. The second kappa shape index (κ2) is 7.74. The van der Waals surface area contributed by atoms with Crippen molar-refractivity contribution in [2.75, 3.05) is 0 Å². The Morgan fingerprint density at radius 1 is 0.432 bits per heavy atom. The van der Waals surface area contributed by atoms with E-state index in [1.54, 1.807) is 0 Å². The summed E-state index contributed by atoms with van der Waals surface area (Å²) in [6.07, 6.45) is 0. The van der Waals surface area contributed by atoms with Gasteiger partial charge in [-0.1, -0.05) is 97.1 Å². The van der Waals surface area contributed by atoms with Crippen LogP contribution in [0.15, 0.2) is 127 Å². The maximum Gasteiger partial charge on any atom is 0.162 e. The van der Waals surface area contributed by atoms with E-state index in [4.69, 9.17) is 9.97 Å². The summed E-state index contributed by atoms with van der Waals surface area (Å²) in [4.78, 5) is 10.3. The third-order valence-electron chi connectivity index (χ3n) is 7.37. The molecule has 2 heterocycles. The van der Waals surface area contributed by atoms with Crippen LogP contribution in [0.4, 0.5) is 0 Å². The average molecular weight is 472 g/mol. The van der Waals surface area contributed by atoms with Crippen molar-refractivity contribution in [1.29, 1.82) is 0 Å². The Kier molecular flexibility index (Phi) is 4.23. The van der Waals surface area contributed by atoms with Crippen molar-refractivity contribution in [3.63, 3.8) is 0 Å². The van der Waals surface area contributed by atoms with Crippen molar-refractivity contribution in [3.05, 3.63) is 127 Å². The highest BCUT2D eigenvalue weighted by Crippen LogP contribution is 2.37. The van der Waals surface area contributed by atoms with Crippen molar-refractivity contribution in [1.82, 2.24) is 14.5 Å². The highest BCUT2D eigenvalue weighted by molar-refractivity contribution is 6.14. The predicted octanol–water partition coefficient (Wildman–Crippen LogP) is 8.70. The van der Waals surface area contributed by atoms with Gasteiger partial charge in [0.15, 0.2) is 5.82 Å². The Hall–Kier alpha value is -5.02. The molecule has 0 aliphatic heterocycles. The smallest absolute Gasteiger partial charge is 0.162 e. The maximum absolute atomic E-state index is 5.30. The molecule has 8 rings (SSSR count). The molecule has 0 unspecified atom stereocenters. The second-order valence-electron chi connectivity index (χ2n) is 9.48. The fourth-order valence-electron chi connectivity index (χ4n) is 5.65. The number of nitrogens with zero attached hydrogens (tertiary/aromatic N) is 3. The lowest BCUT2D eigenvalue weighted by Gasteiger charge is -2.13. The minimum atomic E-state index is 0.734. The van der Waals surface area contributed by atoms with Crippen LogP contribution in [0.1, 0.15) is 0 Å². The normalized spacial score (nSPS) is 11.8. The first-order chi connectivity index (χ1) is 18.3. The van der Waals surface area contributed by atoms with Gasteiger partial charge in [-0.2, -0.15) is 0 Å². The van der Waals surface area contributed by atoms with Crippen molar-refractivity contribution in [2.24, 2.45) is 0 Å². The number of aromatic nitrogens is 3. The number of benzene rings is 6. The van der Waals surface area contributed by atoms with Crippen molar-refractivity contribution < 1.29 is 0 Å². The molecule has 172 valence electrons. The molecule has 0 atom stereocenters. The molecular formula is C34H21N3. The summed E-state index contributed by atoms with van der Waals surface area (Å²) < 4.78 is 2.32.